The fraction of sp³-hybridized carbons (Fsp3) is 0.125. The first-order valence-electron chi connectivity index (χ1n) is 6.83. The smallest absolute Gasteiger partial charge is 0.251 e. The number of hydrogen-bond donors (Lipinski definition) is 2. The molecule has 0 saturated carbocycles. The number of H-pyrrole nitrogens is 1. The van der Waals surface area contributed by atoms with Crippen molar-refractivity contribution >= 4 is 5.91 Å². The number of nitrogens with zero attached hydrogens (tertiary/aromatic N) is 2. The van der Waals surface area contributed by atoms with E-state index in [2.05, 4.69) is 15.5 Å². The largest absolute Gasteiger partial charge is 0.352 e. The summed E-state index contributed by atoms with van der Waals surface area (Å²) in [5, 5.41) is 9.64. The number of carbonyl (C=O) groups is 1. The molecule has 2 N–H and O–H groups in total. The van der Waals surface area contributed by atoms with Crippen molar-refractivity contribution in [2.75, 3.05) is 6.54 Å². The van der Waals surface area contributed by atoms with E-state index in [4.69, 9.17) is 0 Å². The van der Waals surface area contributed by atoms with Crippen LogP contribution in [0.2, 0.25) is 0 Å². The molecule has 0 atom stereocenters. The van der Waals surface area contributed by atoms with E-state index in [1.54, 1.807) is 6.20 Å². The zero-order chi connectivity index (χ0) is 14.5. The Labute approximate surface area is 122 Å². The van der Waals surface area contributed by atoms with Gasteiger partial charge in [-0.05, 0) is 42.5 Å². The summed E-state index contributed by atoms with van der Waals surface area (Å²) in [6.07, 6.45) is 6.39. The molecule has 3 aromatic rings. The normalized spacial score (nSPS) is 10.5. The molecule has 0 radical (unpaired) electrons. The predicted octanol–water partition coefficient (Wildman–Crippen LogP) is 2.17. The molecule has 1 amide bonds. The van der Waals surface area contributed by atoms with Gasteiger partial charge in [-0.3, -0.25) is 9.89 Å². The second kappa shape index (κ2) is 6.09. The van der Waals surface area contributed by atoms with E-state index in [0.29, 0.717) is 12.1 Å². The summed E-state index contributed by atoms with van der Waals surface area (Å²) in [6.45, 7) is 0.584. The van der Waals surface area contributed by atoms with Gasteiger partial charge in [0.15, 0.2) is 0 Å². The zero-order valence-corrected chi connectivity index (χ0v) is 11.5. The third-order valence-electron chi connectivity index (χ3n) is 3.27. The van der Waals surface area contributed by atoms with Crippen molar-refractivity contribution in [3.8, 4) is 5.69 Å². The fourth-order valence-electron chi connectivity index (χ4n) is 2.13. The molecule has 3 rings (SSSR count). The van der Waals surface area contributed by atoms with Crippen LogP contribution in [0.15, 0.2) is 61.1 Å². The lowest BCUT2D eigenvalue weighted by Crippen LogP contribution is -2.25. The van der Waals surface area contributed by atoms with E-state index in [1.165, 1.54) is 0 Å². The van der Waals surface area contributed by atoms with E-state index >= 15 is 0 Å². The lowest BCUT2D eigenvalue weighted by atomic mass is 10.2. The molecular weight excluding hydrogens is 264 g/mol. The highest BCUT2D eigenvalue weighted by Gasteiger charge is 2.05. The first kappa shape index (κ1) is 13.2. The summed E-state index contributed by atoms with van der Waals surface area (Å²) in [4.78, 5) is 12.0. The summed E-state index contributed by atoms with van der Waals surface area (Å²) in [5.41, 5.74) is 2.71. The first-order chi connectivity index (χ1) is 10.3. The van der Waals surface area contributed by atoms with Gasteiger partial charge in [0.1, 0.15) is 0 Å². The van der Waals surface area contributed by atoms with Gasteiger partial charge < -0.3 is 9.88 Å². The molecule has 2 heterocycles. The van der Waals surface area contributed by atoms with Crippen LogP contribution >= 0.6 is 0 Å². The zero-order valence-electron chi connectivity index (χ0n) is 11.5. The van der Waals surface area contributed by atoms with Crippen LogP contribution in [0.3, 0.4) is 0 Å². The maximum Gasteiger partial charge on any atom is 0.251 e. The van der Waals surface area contributed by atoms with Crippen molar-refractivity contribution in [1.29, 1.82) is 0 Å². The number of benzene rings is 1. The molecule has 0 spiro atoms. The van der Waals surface area contributed by atoms with Crippen LogP contribution in [0.25, 0.3) is 5.69 Å². The number of hydrogen-bond acceptors (Lipinski definition) is 2. The Morgan fingerprint density at radius 2 is 1.90 bits per heavy atom. The van der Waals surface area contributed by atoms with Gasteiger partial charge in [-0.15, -0.1) is 0 Å². The van der Waals surface area contributed by atoms with Crippen LogP contribution in [0.5, 0.6) is 0 Å². The minimum absolute atomic E-state index is 0.0615. The molecule has 106 valence electrons. The molecule has 0 unspecified atom stereocenters. The first-order valence-corrected chi connectivity index (χ1v) is 6.83. The van der Waals surface area contributed by atoms with Crippen molar-refractivity contribution in [3.05, 3.63) is 72.3 Å². The highest BCUT2D eigenvalue weighted by Crippen LogP contribution is 2.10. The van der Waals surface area contributed by atoms with Gasteiger partial charge in [-0.1, -0.05) is 0 Å². The van der Waals surface area contributed by atoms with Crippen molar-refractivity contribution in [1.82, 2.24) is 20.1 Å². The molecule has 0 fully saturated rings. The number of aromatic nitrogens is 3. The molecule has 0 aliphatic carbocycles. The van der Waals surface area contributed by atoms with Crippen LogP contribution < -0.4 is 5.32 Å². The Kier molecular flexibility index (Phi) is 3.82. The molecule has 0 aliphatic heterocycles. The minimum Gasteiger partial charge on any atom is -0.352 e. The van der Waals surface area contributed by atoms with Crippen LogP contribution in [0.4, 0.5) is 0 Å². The van der Waals surface area contributed by atoms with E-state index in [1.807, 2.05) is 59.4 Å². The maximum atomic E-state index is 12.0. The molecular formula is C16H16N4O. The van der Waals surface area contributed by atoms with E-state index in [0.717, 1.165) is 17.8 Å². The van der Waals surface area contributed by atoms with E-state index in [9.17, 15) is 4.79 Å². The molecule has 1 aromatic carbocycles. The van der Waals surface area contributed by atoms with Crippen molar-refractivity contribution < 1.29 is 4.79 Å². The highest BCUT2D eigenvalue weighted by atomic mass is 16.1. The monoisotopic (exact) mass is 280 g/mol. The summed E-state index contributed by atoms with van der Waals surface area (Å²) < 4.78 is 2.00. The molecule has 0 saturated heterocycles. The van der Waals surface area contributed by atoms with E-state index in [-0.39, 0.29) is 5.91 Å². The van der Waals surface area contributed by atoms with Crippen LogP contribution in [0.1, 0.15) is 16.1 Å². The van der Waals surface area contributed by atoms with Gasteiger partial charge in [0.05, 0.1) is 0 Å². The lowest BCUT2D eigenvalue weighted by molar-refractivity contribution is 0.0954. The standard InChI is InChI=1S/C16H16N4O/c21-16(17-9-7-14-8-10-18-19-14)13-3-5-15(6-4-13)20-11-1-2-12-20/h1-6,8,10-12H,7,9H2,(H,17,21)(H,18,19). The van der Waals surface area contributed by atoms with Crippen molar-refractivity contribution in [3.63, 3.8) is 0 Å². The third kappa shape index (κ3) is 3.20. The van der Waals surface area contributed by atoms with Crippen molar-refractivity contribution in [2.24, 2.45) is 0 Å². The Hall–Kier alpha value is -2.82. The van der Waals surface area contributed by atoms with Gasteiger partial charge in [-0.25, -0.2) is 0 Å². The highest BCUT2D eigenvalue weighted by molar-refractivity contribution is 5.94. The Bertz CT molecular complexity index is 684. The molecule has 5 nitrogen and oxygen atoms in total. The second-order valence-corrected chi connectivity index (χ2v) is 4.72. The topological polar surface area (TPSA) is 62.7 Å². The molecule has 21 heavy (non-hydrogen) atoms. The number of nitrogens with one attached hydrogen (secondary N) is 2. The average Bonchev–Trinajstić information content (AvgIpc) is 3.21. The van der Waals surface area contributed by atoms with Crippen LogP contribution in [-0.2, 0) is 6.42 Å². The van der Waals surface area contributed by atoms with Crippen molar-refractivity contribution in [2.45, 2.75) is 6.42 Å². The number of carbonyl (C=O) groups excluding carboxylic acids is 1. The van der Waals surface area contributed by atoms with Gasteiger partial charge >= 0.3 is 0 Å². The molecule has 0 aliphatic rings. The summed E-state index contributed by atoms with van der Waals surface area (Å²) in [5.74, 6) is -0.0615. The number of aromatic amines is 1. The lowest BCUT2D eigenvalue weighted by Gasteiger charge is -2.06. The van der Waals surface area contributed by atoms with Crippen LogP contribution in [-0.4, -0.2) is 27.2 Å². The Morgan fingerprint density at radius 1 is 1.14 bits per heavy atom. The molecule has 5 heteroatoms. The summed E-state index contributed by atoms with van der Waals surface area (Å²) in [6, 6.07) is 13.4. The Balaban J connectivity index is 1.57. The summed E-state index contributed by atoms with van der Waals surface area (Å²) >= 11 is 0. The molecule has 0 bridgehead atoms. The van der Waals surface area contributed by atoms with Gasteiger partial charge in [0, 0.05) is 48.5 Å². The Morgan fingerprint density at radius 3 is 2.57 bits per heavy atom. The fourth-order valence-corrected chi connectivity index (χ4v) is 2.13. The van der Waals surface area contributed by atoms with Gasteiger partial charge in [0.2, 0.25) is 0 Å². The SMILES string of the molecule is O=C(NCCc1ccn[nH]1)c1ccc(-n2cccc2)cc1. The molecule has 2 aromatic heterocycles. The third-order valence-corrected chi connectivity index (χ3v) is 3.27. The minimum atomic E-state index is -0.0615. The number of rotatable bonds is 5. The van der Waals surface area contributed by atoms with Gasteiger partial charge in [-0.2, -0.15) is 5.10 Å². The second-order valence-electron chi connectivity index (χ2n) is 4.72. The van der Waals surface area contributed by atoms with Crippen LogP contribution in [0, 0.1) is 0 Å². The van der Waals surface area contributed by atoms with Gasteiger partial charge in [0.25, 0.3) is 5.91 Å². The van der Waals surface area contributed by atoms with E-state index < -0.39 is 0 Å². The maximum absolute atomic E-state index is 12.0. The predicted molar refractivity (Wildman–Crippen MR) is 80.4 cm³/mol. The summed E-state index contributed by atoms with van der Waals surface area (Å²) in [7, 11) is 0. The number of amides is 1. The quantitative estimate of drug-likeness (QED) is 0.752. The average molecular weight is 280 g/mol.